The number of rotatable bonds is 5. The Bertz CT molecular complexity index is 610. The molecular formula is C18H18O2. The second-order valence-corrected chi connectivity index (χ2v) is 4.51. The van der Waals surface area contributed by atoms with Gasteiger partial charge in [0.15, 0.2) is 5.78 Å². The van der Waals surface area contributed by atoms with Crippen LogP contribution in [0.5, 0.6) is 5.75 Å². The van der Waals surface area contributed by atoms with E-state index in [1.54, 1.807) is 18.2 Å². The molecule has 0 fully saturated rings. The number of allylic oxidation sites excluding steroid dienone is 1. The van der Waals surface area contributed by atoms with E-state index < -0.39 is 0 Å². The molecule has 0 radical (unpaired) electrons. The smallest absolute Gasteiger partial charge is 0.185 e. The fraction of sp³-hybridized carbons (Fsp3) is 0.167. The van der Waals surface area contributed by atoms with Gasteiger partial charge in [-0.1, -0.05) is 30.3 Å². The molecule has 20 heavy (non-hydrogen) atoms. The van der Waals surface area contributed by atoms with Gasteiger partial charge in [0.2, 0.25) is 0 Å². The lowest BCUT2D eigenvalue weighted by atomic mass is 10.1. The van der Waals surface area contributed by atoms with Gasteiger partial charge < -0.3 is 4.74 Å². The van der Waals surface area contributed by atoms with Crippen LogP contribution in [0.25, 0.3) is 6.08 Å². The number of carbonyl (C=O) groups excluding carboxylic acids is 1. The molecule has 0 aliphatic heterocycles. The molecule has 102 valence electrons. The first-order chi connectivity index (χ1) is 9.70. The lowest BCUT2D eigenvalue weighted by molar-refractivity contribution is 0.104. The first-order valence-electron chi connectivity index (χ1n) is 6.71. The molecule has 0 aliphatic rings. The van der Waals surface area contributed by atoms with Gasteiger partial charge >= 0.3 is 0 Å². The molecule has 0 saturated heterocycles. The Morgan fingerprint density at radius 1 is 1.10 bits per heavy atom. The summed E-state index contributed by atoms with van der Waals surface area (Å²) in [6, 6.07) is 15.2. The lowest BCUT2D eigenvalue weighted by Crippen LogP contribution is -1.96. The highest BCUT2D eigenvalue weighted by molar-refractivity contribution is 6.06. The molecule has 2 aromatic rings. The summed E-state index contributed by atoms with van der Waals surface area (Å²) in [6.45, 7) is 4.59. The van der Waals surface area contributed by atoms with Crippen molar-refractivity contribution in [2.24, 2.45) is 0 Å². The summed E-state index contributed by atoms with van der Waals surface area (Å²) in [5.41, 5.74) is 2.88. The van der Waals surface area contributed by atoms with Crippen LogP contribution >= 0.6 is 0 Å². The third-order valence-electron chi connectivity index (χ3n) is 3.05. The van der Waals surface area contributed by atoms with E-state index in [1.807, 2.05) is 56.3 Å². The number of hydrogen-bond donors (Lipinski definition) is 0. The van der Waals surface area contributed by atoms with Crippen LogP contribution in [0.4, 0.5) is 0 Å². The van der Waals surface area contributed by atoms with Crippen molar-refractivity contribution in [1.29, 1.82) is 0 Å². The van der Waals surface area contributed by atoms with Gasteiger partial charge in [-0.2, -0.15) is 0 Å². The Morgan fingerprint density at radius 3 is 2.45 bits per heavy atom. The fourth-order valence-electron chi connectivity index (χ4n) is 1.92. The first-order valence-corrected chi connectivity index (χ1v) is 6.71. The summed E-state index contributed by atoms with van der Waals surface area (Å²) < 4.78 is 5.36. The van der Waals surface area contributed by atoms with E-state index in [-0.39, 0.29) is 5.78 Å². The molecule has 0 bridgehead atoms. The zero-order chi connectivity index (χ0) is 14.4. The Balaban J connectivity index is 2.10. The van der Waals surface area contributed by atoms with Crippen molar-refractivity contribution in [2.75, 3.05) is 6.61 Å². The van der Waals surface area contributed by atoms with E-state index in [0.717, 1.165) is 16.9 Å². The molecule has 0 spiro atoms. The maximum Gasteiger partial charge on any atom is 0.185 e. The molecule has 0 unspecified atom stereocenters. The normalized spacial score (nSPS) is 10.7. The van der Waals surface area contributed by atoms with Crippen LogP contribution in [0.3, 0.4) is 0 Å². The SMILES string of the molecule is CCOc1ccc(C(=O)/C=C/c2ccccc2C)cc1. The summed E-state index contributed by atoms with van der Waals surface area (Å²) in [4.78, 5) is 12.1. The summed E-state index contributed by atoms with van der Waals surface area (Å²) in [6.07, 6.45) is 3.46. The molecule has 0 amide bonds. The van der Waals surface area contributed by atoms with Crippen LogP contribution in [-0.4, -0.2) is 12.4 Å². The van der Waals surface area contributed by atoms with Crippen LogP contribution in [0.15, 0.2) is 54.6 Å². The predicted octanol–water partition coefficient (Wildman–Crippen LogP) is 4.29. The second kappa shape index (κ2) is 6.71. The molecule has 0 aromatic heterocycles. The highest BCUT2D eigenvalue weighted by atomic mass is 16.5. The van der Waals surface area contributed by atoms with E-state index in [2.05, 4.69) is 0 Å². The van der Waals surface area contributed by atoms with Gasteiger partial charge in [-0.05, 0) is 55.3 Å². The van der Waals surface area contributed by atoms with Crippen LogP contribution in [0, 0.1) is 6.92 Å². The van der Waals surface area contributed by atoms with Crippen LogP contribution in [0.2, 0.25) is 0 Å². The zero-order valence-electron chi connectivity index (χ0n) is 11.8. The fourth-order valence-corrected chi connectivity index (χ4v) is 1.92. The molecule has 0 aliphatic carbocycles. The van der Waals surface area contributed by atoms with Gasteiger partial charge in [0.1, 0.15) is 5.75 Å². The van der Waals surface area contributed by atoms with Gasteiger partial charge in [0.05, 0.1) is 6.61 Å². The number of benzene rings is 2. The predicted molar refractivity (Wildman–Crippen MR) is 82.2 cm³/mol. The van der Waals surface area contributed by atoms with E-state index in [9.17, 15) is 4.79 Å². The number of ether oxygens (including phenoxy) is 1. The Labute approximate surface area is 119 Å². The number of hydrogen-bond acceptors (Lipinski definition) is 2. The summed E-state index contributed by atoms with van der Waals surface area (Å²) >= 11 is 0. The van der Waals surface area contributed by atoms with Crippen molar-refractivity contribution in [3.05, 3.63) is 71.3 Å². The third kappa shape index (κ3) is 3.58. The van der Waals surface area contributed by atoms with Crippen LogP contribution < -0.4 is 4.74 Å². The van der Waals surface area contributed by atoms with Crippen molar-refractivity contribution < 1.29 is 9.53 Å². The maximum absolute atomic E-state index is 12.1. The zero-order valence-corrected chi connectivity index (χ0v) is 11.8. The van der Waals surface area contributed by atoms with E-state index >= 15 is 0 Å². The third-order valence-corrected chi connectivity index (χ3v) is 3.05. The van der Waals surface area contributed by atoms with E-state index in [4.69, 9.17) is 4.74 Å². The van der Waals surface area contributed by atoms with Crippen LogP contribution in [0.1, 0.15) is 28.4 Å². The average molecular weight is 266 g/mol. The highest BCUT2D eigenvalue weighted by Gasteiger charge is 2.02. The minimum atomic E-state index is -0.00342. The topological polar surface area (TPSA) is 26.3 Å². The van der Waals surface area contributed by atoms with Crippen molar-refractivity contribution >= 4 is 11.9 Å². The molecule has 2 nitrogen and oxygen atoms in total. The minimum absolute atomic E-state index is 0.00342. The van der Waals surface area contributed by atoms with Crippen molar-refractivity contribution in [3.8, 4) is 5.75 Å². The van der Waals surface area contributed by atoms with Crippen molar-refractivity contribution in [2.45, 2.75) is 13.8 Å². The summed E-state index contributed by atoms with van der Waals surface area (Å²) in [7, 11) is 0. The molecule has 2 rings (SSSR count). The monoisotopic (exact) mass is 266 g/mol. The largest absolute Gasteiger partial charge is 0.494 e. The quantitative estimate of drug-likeness (QED) is 0.596. The van der Waals surface area contributed by atoms with Crippen molar-refractivity contribution in [1.82, 2.24) is 0 Å². The van der Waals surface area contributed by atoms with Gasteiger partial charge in [0.25, 0.3) is 0 Å². The van der Waals surface area contributed by atoms with Gasteiger partial charge in [-0.25, -0.2) is 0 Å². The number of ketones is 1. The lowest BCUT2D eigenvalue weighted by Gasteiger charge is -2.03. The van der Waals surface area contributed by atoms with E-state index in [1.165, 1.54) is 0 Å². The van der Waals surface area contributed by atoms with Gasteiger partial charge in [0, 0.05) is 5.56 Å². The van der Waals surface area contributed by atoms with Crippen LogP contribution in [-0.2, 0) is 0 Å². The minimum Gasteiger partial charge on any atom is -0.494 e. The van der Waals surface area contributed by atoms with Crippen molar-refractivity contribution in [3.63, 3.8) is 0 Å². The van der Waals surface area contributed by atoms with Gasteiger partial charge in [-0.3, -0.25) is 4.79 Å². The Hall–Kier alpha value is -2.35. The standard InChI is InChI=1S/C18H18O2/c1-3-20-17-11-8-16(9-12-17)18(19)13-10-15-7-5-4-6-14(15)2/h4-13H,3H2,1-2H3/b13-10+. The highest BCUT2D eigenvalue weighted by Crippen LogP contribution is 2.14. The first kappa shape index (κ1) is 14.1. The maximum atomic E-state index is 12.1. The molecule has 0 saturated carbocycles. The number of carbonyl (C=O) groups is 1. The molecule has 2 heteroatoms. The molecule has 0 N–H and O–H groups in total. The Morgan fingerprint density at radius 2 is 1.80 bits per heavy atom. The Kier molecular flexibility index (Phi) is 4.72. The van der Waals surface area contributed by atoms with Gasteiger partial charge in [-0.15, -0.1) is 0 Å². The molecule has 2 aromatic carbocycles. The summed E-state index contributed by atoms with van der Waals surface area (Å²) in [5.74, 6) is 0.781. The molecule has 0 atom stereocenters. The van der Waals surface area contributed by atoms with E-state index in [0.29, 0.717) is 12.2 Å². The second-order valence-electron chi connectivity index (χ2n) is 4.51. The average Bonchev–Trinajstić information content (AvgIpc) is 2.47. The number of aryl methyl sites for hydroxylation is 1. The summed E-state index contributed by atoms with van der Waals surface area (Å²) in [5, 5.41) is 0. The molecule has 0 heterocycles. The molecular weight excluding hydrogens is 248 g/mol.